The molecule has 0 saturated heterocycles. The molecule has 2 heteroatoms. The summed E-state index contributed by atoms with van der Waals surface area (Å²) in [6, 6.07) is 11.8. The van der Waals surface area contributed by atoms with Crippen LogP contribution in [-0.2, 0) is 4.74 Å². The predicted molar refractivity (Wildman–Crippen MR) is 82.7 cm³/mol. The van der Waals surface area contributed by atoms with Gasteiger partial charge in [0.25, 0.3) is 0 Å². The van der Waals surface area contributed by atoms with Gasteiger partial charge in [-0.1, -0.05) is 43.2 Å². The van der Waals surface area contributed by atoms with Gasteiger partial charge in [0.1, 0.15) is 0 Å². The Morgan fingerprint density at radius 3 is 2.60 bits per heavy atom. The first-order chi connectivity index (χ1) is 9.76. The zero-order valence-electron chi connectivity index (χ0n) is 12.8. The Kier molecular flexibility index (Phi) is 4.13. The molecule has 3 atom stereocenters. The molecule has 20 heavy (non-hydrogen) atoms. The Morgan fingerprint density at radius 1 is 1.25 bits per heavy atom. The molecule has 0 aliphatic heterocycles. The highest BCUT2D eigenvalue weighted by Gasteiger charge is 2.56. The van der Waals surface area contributed by atoms with Crippen molar-refractivity contribution in [3.8, 4) is 0 Å². The summed E-state index contributed by atoms with van der Waals surface area (Å²) in [6.07, 6.45) is 7.12. The predicted octanol–water partition coefficient (Wildman–Crippen LogP) is 4.08. The molecule has 0 radical (unpaired) electrons. The Bertz CT molecular complexity index is 424. The van der Waals surface area contributed by atoms with Crippen molar-refractivity contribution in [1.82, 2.24) is 5.32 Å². The summed E-state index contributed by atoms with van der Waals surface area (Å²) < 4.78 is 5.99. The van der Waals surface area contributed by atoms with Crippen LogP contribution >= 0.6 is 0 Å². The van der Waals surface area contributed by atoms with Crippen molar-refractivity contribution in [1.29, 1.82) is 0 Å². The zero-order valence-corrected chi connectivity index (χ0v) is 12.8. The second kappa shape index (κ2) is 5.87. The molecule has 2 aliphatic rings. The summed E-state index contributed by atoms with van der Waals surface area (Å²) in [4.78, 5) is 0. The SMILES string of the molecule is CCOC1CC(NC(C)c2ccccc2)C12CCCC2. The van der Waals surface area contributed by atoms with Gasteiger partial charge in [-0.15, -0.1) is 0 Å². The van der Waals surface area contributed by atoms with E-state index in [-0.39, 0.29) is 0 Å². The summed E-state index contributed by atoms with van der Waals surface area (Å²) in [6.45, 7) is 5.26. The molecule has 0 amide bonds. The largest absolute Gasteiger partial charge is 0.378 e. The van der Waals surface area contributed by atoms with Gasteiger partial charge in [0.15, 0.2) is 0 Å². The molecular formula is C18H27NO. The first-order valence-corrected chi connectivity index (χ1v) is 8.19. The van der Waals surface area contributed by atoms with Crippen LogP contribution in [0.5, 0.6) is 0 Å². The third-order valence-corrected chi connectivity index (χ3v) is 5.44. The average Bonchev–Trinajstić information content (AvgIpc) is 2.99. The van der Waals surface area contributed by atoms with Gasteiger partial charge >= 0.3 is 0 Å². The highest BCUT2D eigenvalue weighted by Crippen LogP contribution is 2.55. The minimum Gasteiger partial charge on any atom is -0.378 e. The number of benzene rings is 1. The van der Waals surface area contributed by atoms with Crippen LogP contribution in [0.2, 0.25) is 0 Å². The number of hydrogen-bond donors (Lipinski definition) is 1. The van der Waals surface area contributed by atoms with Crippen molar-refractivity contribution in [3.05, 3.63) is 35.9 Å². The van der Waals surface area contributed by atoms with Crippen LogP contribution < -0.4 is 5.32 Å². The molecule has 2 nitrogen and oxygen atoms in total. The summed E-state index contributed by atoms with van der Waals surface area (Å²) in [5.74, 6) is 0. The van der Waals surface area contributed by atoms with E-state index in [1.165, 1.54) is 37.7 Å². The lowest BCUT2D eigenvalue weighted by molar-refractivity contribution is -0.132. The van der Waals surface area contributed by atoms with E-state index in [1.807, 2.05) is 0 Å². The zero-order chi connectivity index (χ0) is 14.0. The van der Waals surface area contributed by atoms with Gasteiger partial charge in [0.05, 0.1) is 6.10 Å². The maximum atomic E-state index is 5.99. The molecule has 1 aromatic carbocycles. The third kappa shape index (κ3) is 2.40. The van der Waals surface area contributed by atoms with E-state index in [0.717, 1.165) is 6.61 Å². The van der Waals surface area contributed by atoms with Crippen LogP contribution in [0, 0.1) is 5.41 Å². The fourth-order valence-electron chi connectivity index (χ4n) is 4.26. The van der Waals surface area contributed by atoms with Crippen molar-refractivity contribution in [2.45, 2.75) is 64.1 Å². The summed E-state index contributed by atoms with van der Waals surface area (Å²) >= 11 is 0. The minimum atomic E-state index is 0.430. The van der Waals surface area contributed by atoms with Gasteiger partial charge in [-0.05, 0) is 38.7 Å². The number of rotatable bonds is 5. The average molecular weight is 273 g/mol. The molecule has 3 rings (SSSR count). The Hall–Kier alpha value is -0.860. The highest BCUT2D eigenvalue weighted by molar-refractivity contribution is 5.20. The van der Waals surface area contributed by atoms with Crippen LogP contribution in [0.15, 0.2) is 30.3 Å². The second-order valence-corrected chi connectivity index (χ2v) is 6.47. The molecule has 2 saturated carbocycles. The van der Waals surface area contributed by atoms with Crippen LogP contribution in [0.4, 0.5) is 0 Å². The van der Waals surface area contributed by atoms with E-state index in [1.54, 1.807) is 0 Å². The smallest absolute Gasteiger partial charge is 0.0661 e. The van der Waals surface area contributed by atoms with Gasteiger partial charge in [0, 0.05) is 24.1 Å². The Balaban J connectivity index is 1.66. The number of ether oxygens (including phenoxy) is 1. The lowest BCUT2D eigenvalue weighted by atomic mass is 9.60. The monoisotopic (exact) mass is 273 g/mol. The van der Waals surface area contributed by atoms with Crippen LogP contribution in [0.25, 0.3) is 0 Å². The van der Waals surface area contributed by atoms with Gasteiger partial charge in [-0.25, -0.2) is 0 Å². The van der Waals surface area contributed by atoms with E-state index in [4.69, 9.17) is 4.74 Å². The molecule has 1 spiro atoms. The summed E-state index contributed by atoms with van der Waals surface area (Å²) in [5, 5.41) is 3.87. The quantitative estimate of drug-likeness (QED) is 0.873. The topological polar surface area (TPSA) is 21.3 Å². The van der Waals surface area contributed by atoms with Gasteiger partial charge in [0.2, 0.25) is 0 Å². The molecule has 1 aromatic rings. The standard InChI is InChI=1S/C18H27NO/c1-3-20-17-13-16(18(17)11-7-8-12-18)19-14(2)15-9-5-4-6-10-15/h4-6,9-10,14,16-17,19H,3,7-8,11-13H2,1-2H3. The molecule has 1 N–H and O–H groups in total. The van der Waals surface area contributed by atoms with Crippen molar-refractivity contribution < 1.29 is 4.74 Å². The second-order valence-electron chi connectivity index (χ2n) is 6.47. The van der Waals surface area contributed by atoms with Crippen molar-refractivity contribution >= 4 is 0 Å². The molecule has 0 bridgehead atoms. The first kappa shape index (κ1) is 14.1. The van der Waals surface area contributed by atoms with Gasteiger partial charge in [-0.2, -0.15) is 0 Å². The molecule has 3 unspecified atom stereocenters. The highest BCUT2D eigenvalue weighted by atomic mass is 16.5. The molecule has 110 valence electrons. The van der Waals surface area contributed by atoms with E-state index >= 15 is 0 Å². The fourth-order valence-corrected chi connectivity index (χ4v) is 4.26. The maximum Gasteiger partial charge on any atom is 0.0661 e. The number of hydrogen-bond acceptors (Lipinski definition) is 2. The normalized spacial score (nSPS) is 29.3. The van der Waals surface area contributed by atoms with E-state index < -0.39 is 0 Å². The summed E-state index contributed by atoms with van der Waals surface area (Å²) in [7, 11) is 0. The summed E-state index contributed by atoms with van der Waals surface area (Å²) in [5.41, 5.74) is 1.82. The van der Waals surface area contributed by atoms with Crippen molar-refractivity contribution in [2.75, 3.05) is 6.61 Å². The Morgan fingerprint density at radius 2 is 1.95 bits per heavy atom. The molecule has 2 aliphatic carbocycles. The fraction of sp³-hybridized carbons (Fsp3) is 0.667. The van der Waals surface area contributed by atoms with Crippen LogP contribution in [0.3, 0.4) is 0 Å². The first-order valence-electron chi connectivity index (χ1n) is 8.19. The molecule has 0 aromatic heterocycles. The lowest BCUT2D eigenvalue weighted by Crippen LogP contribution is -2.63. The van der Waals surface area contributed by atoms with Crippen molar-refractivity contribution in [2.24, 2.45) is 5.41 Å². The van der Waals surface area contributed by atoms with Crippen molar-refractivity contribution in [3.63, 3.8) is 0 Å². The lowest BCUT2D eigenvalue weighted by Gasteiger charge is -2.55. The minimum absolute atomic E-state index is 0.430. The molecule has 0 heterocycles. The van der Waals surface area contributed by atoms with E-state index in [2.05, 4.69) is 49.5 Å². The molecule has 2 fully saturated rings. The van der Waals surface area contributed by atoms with E-state index in [0.29, 0.717) is 23.6 Å². The molecular weight excluding hydrogens is 246 g/mol. The number of nitrogens with one attached hydrogen (secondary N) is 1. The van der Waals surface area contributed by atoms with Crippen LogP contribution in [0.1, 0.15) is 57.6 Å². The third-order valence-electron chi connectivity index (χ3n) is 5.44. The van der Waals surface area contributed by atoms with E-state index in [9.17, 15) is 0 Å². The van der Waals surface area contributed by atoms with Gasteiger partial charge in [-0.3, -0.25) is 0 Å². The van der Waals surface area contributed by atoms with Gasteiger partial charge < -0.3 is 10.1 Å². The van der Waals surface area contributed by atoms with Crippen LogP contribution in [-0.4, -0.2) is 18.8 Å². The Labute approximate surface area is 122 Å². The maximum absolute atomic E-state index is 5.99.